The molecule has 2 heterocycles. The Kier molecular flexibility index (Phi) is 2.66. The molecule has 0 atom stereocenters. The van der Waals surface area contributed by atoms with Gasteiger partial charge in [-0.2, -0.15) is 5.10 Å². The Morgan fingerprint density at radius 2 is 2.07 bits per heavy atom. The van der Waals surface area contributed by atoms with E-state index in [0.717, 1.165) is 11.3 Å². The molecule has 0 spiro atoms. The highest BCUT2D eigenvalue weighted by Crippen LogP contribution is 2.13. The van der Waals surface area contributed by atoms with E-state index in [0.29, 0.717) is 17.5 Å². The van der Waals surface area contributed by atoms with Crippen LogP contribution in [0.15, 0.2) is 18.6 Å². The molecule has 2 N–H and O–H groups in total. The van der Waals surface area contributed by atoms with Crippen molar-refractivity contribution in [2.45, 2.75) is 13.5 Å². The highest BCUT2D eigenvalue weighted by atomic mass is 35.5. The molecular formula is C9H10ClN5. The van der Waals surface area contributed by atoms with Gasteiger partial charge in [-0.3, -0.25) is 0 Å². The minimum absolute atomic E-state index is 0.430. The molecule has 0 aliphatic heterocycles. The summed E-state index contributed by atoms with van der Waals surface area (Å²) < 4.78 is 1.54. The van der Waals surface area contributed by atoms with Crippen molar-refractivity contribution in [1.82, 2.24) is 19.7 Å². The van der Waals surface area contributed by atoms with Gasteiger partial charge in [0.05, 0.1) is 16.9 Å². The van der Waals surface area contributed by atoms with Crippen LogP contribution in [0.4, 0.5) is 0 Å². The molecule has 2 aromatic heterocycles. The van der Waals surface area contributed by atoms with Gasteiger partial charge in [-0.25, -0.2) is 14.6 Å². The van der Waals surface area contributed by atoms with E-state index < -0.39 is 0 Å². The fraction of sp³-hybridized carbons (Fsp3) is 0.222. The van der Waals surface area contributed by atoms with Gasteiger partial charge in [0.15, 0.2) is 0 Å². The van der Waals surface area contributed by atoms with Gasteiger partial charge in [-0.1, -0.05) is 11.6 Å². The molecule has 0 saturated carbocycles. The Balaban J connectivity index is 2.37. The van der Waals surface area contributed by atoms with Crippen LogP contribution in [0.2, 0.25) is 5.02 Å². The maximum Gasteiger partial charge on any atom is 0.250 e. The van der Waals surface area contributed by atoms with E-state index in [1.807, 2.05) is 6.92 Å². The Morgan fingerprint density at radius 1 is 1.40 bits per heavy atom. The number of halogens is 1. The maximum absolute atomic E-state index is 5.88. The first-order valence-corrected chi connectivity index (χ1v) is 4.81. The zero-order valence-electron chi connectivity index (χ0n) is 8.18. The topological polar surface area (TPSA) is 69.6 Å². The van der Waals surface area contributed by atoms with Gasteiger partial charge in [0.25, 0.3) is 0 Å². The normalized spacial score (nSPS) is 10.6. The van der Waals surface area contributed by atoms with Crippen molar-refractivity contribution >= 4 is 11.6 Å². The fourth-order valence-corrected chi connectivity index (χ4v) is 1.24. The van der Waals surface area contributed by atoms with Crippen molar-refractivity contribution in [3.63, 3.8) is 0 Å². The molecule has 2 rings (SSSR count). The van der Waals surface area contributed by atoms with Crippen molar-refractivity contribution in [1.29, 1.82) is 0 Å². The predicted octanol–water partition coefficient (Wildman–Crippen LogP) is 1.08. The summed E-state index contributed by atoms with van der Waals surface area (Å²) in [6.45, 7) is 2.26. The second kappa shape index (κ2) is 3.96. The van der Waals surface area contributed by atoms with Crippen LogP contribution in [0.3, 0.4) is 0 Å². The van der Waals surface area contributed by atoms with E-state index in [1.165, 1.54) is 4.68 Å². The second-order valence-electron chi connectivity index (χ2n) is 3.10. The summed E-state index contributed by atoms with van der Waals surface area (Å²) in [4.78, 5) is 8.25. The molecule has 0 aliphatic rings. The van der Waals surface area contributed by atoms with E-state index >= 15 is 0 Å². The maximum atomic E-state index is 5.88. The van der Waals surface area contributed by atoms with Crippen LogP contribution in [-0.2, 0) is 6.54 Å². The van der Waals surface area contributed by atoms with Gasteiger partial charge in [0, 0.05) is 24.5 Å². The lowest BCUT2D eigenvalue weighted by Gasteiger charge is -1.99. The average molecular weight is 224 g/mol. The summed E-state index contributed by atoms with van der Waals surface area (Å²) in [6.07, 6.45) is 5.02. The third-order valence-corrected chi connectivity index (χ3v) is 2.34. The molecule has 0 unspecified atom stereocenters. The molecule has 78 valence electrons. The molecule has 0 fully saturated rings. The van der Waals surface area contributed by atoms with Crippen LogP contribution < -0.4 is 5.73 Å². The van der Waals surface area contributed by atoms with Crippen LogP contribution in [0.1, 0.15) is 11.3 Å². The number of rotatable bonds is 2. The zero-order chi connectivity index (χ0) is 10.8. The number of aromatic nitrogens is 4. The molecule has 5 nitrogen and oxygen atoms in total. The summed E-state index contributed by atoms with van der Waals surface area (Å²) >= 11 is 5.88. The van der Waals surface area contributed by atoms with Crippen LogP contribution in [0, 0.1) is 6.92 Å². The Morgan fingerprint density at radius 3 is 2.53 bits per heavy atom. The summed E-state index contributed by atoms with van der Waals surface area (Å²) in [5.74, 6) is 0.488. The van der Waals surface area contributed by atoms with Gasteiger partial charge in [0.2, 0.25) is 5.95 Å². The number of nitrogens with two attached hydrogens (primary N) is 1. The first kappa shape index (κ1) is 10.1. The van der Waals surface area contributed by atoms with Gasteiger partial charge in [0.1, 0.15) is 0 Å². The van der Waals surface area contributed by atoms with E-state index in [1.54, 1.807) is 18.6 Å². The van der Waals surface area contributed by atoms with Crippen LogP contribution >= 0.6 is 11.6 Å². The third kappa shape index (κ3) is 1.98. The quantitative estimate of drug-likeness (QED) is 0.827. The first-order chi connectivity index (χ1) is 7.20. The van der Waals surface area contributed by atoms with Crippen molar-refractivity contribution < 1.29 is 0 Å². The number of aryl methyl sites for hydroxylation is 1. The van der Waals surface area contributed by atoms with E-state index in [-0.39, 0.29) is 0 Å². The monoisotopic (exact) mass is 223 g/mol. The molecular weight excluding hydrogens is 214 g/mol. The SMILES string of the molecule is Cc1nn(-c2ncc(CN)cn2)cc1Cl. The second-order valence-corrected chi connectivity index (χ2v) is 3.51. The van der Waals surface area contributed by atoms with Gasteiger partial charge >= 0.3 is 0 Å². The standard InChI is InChI=1S/C9H10ClN5/c1-6-8(10)5-15(14-6)9-12-3-7(2-11)4-13-9/h3-5H,2,11H2,1H3. The van der Waals surface area contributed by atoms with Gasteiger partial charge in [-0.05, 0) is 6.92 Å². The van der Waals surface area contributed by atoms with Gasteiger partial charge < -0.3 is 5.73 Å². The van der Waals surface area contributed by atoms with E-state index in [2.05, 4.69) is 15.1 Å². The summed E-state index contributed by atoms with van der Waals surface area (Å²) in [6, 6.07) is 0. The lowest BCUT2D eigenvalue weighted by atomic mass is 10.3. The van der Waals surface area contributed by atoms with Crippen LogP contribution in [-0.4, -0.2) is 19.7 Å². The number of hydrogen-bond donors (Lipinski definition) is 1. The molecule has 2 aromatic rings. The highest BCUT2D eigenvalue weighted by molar-refractivity contribution is 6.31. The third-order valence-electron chi connectivity index (χ3n) is 1.97. The molecule has 0 aliphatic carbocycles. The average Bonchev–Trinajstić information content (AvgIpc) is 2.59. The van der Waals surface area contributed by atoms with Crippen molar-refractivity contribution in [3.8, 4) is 5.95 Å². The van der Waals surface area contributed by atoms with Crippen LogP contribution in [0.5, 0.6) is 0 Å². The summed E-state index contributed by atoms with van der Waals surface area (Å²) in [7, 11) is 0. The highest BCUT2D eigenvalue weighted by Gasteiger charge is 2.05. The smallest absolute Gasteiger partial charge is 0.250 e. The first-order valence-electron chi connectivity index (χ1n) is 4.44. The molecule has 0 bridgehead atoms. The molecule has 0 radical (unpaired) electrons. The minimum Gasteiger partial charge on any atom is -0.326 e. The summed E-state index contributed by atoms with van der Waals surface area (Å²) in [5, 5.41) is 4.76. The van der Waals surface area contributed by atoms with Gasteiger partial charge in [-0.15, -0.1) is 0 Å². The molecule has 0 amide bonds. The Bertz CT molecular complexity index is 442. The lowest BCUT2D eigenvalue weighted by Crippen LogP contribution is -2.04. The van der Waals surface area contributed by atoms with Crippen molar-refractivity contribution in [3.05, 3.63) is 34.9 Å². The van der Waals surface area contributed by atoms with E-state index in [4.69, 9.17) is 17.3 Å². The van der Waals surface area contributed by atoms with E-state index in [9.17, 15) is 0 Å². The molecule has 15 heavy (non-hydrogen) atoms. The van der Waals surface area contributed by atoms with Crippen molar-refractivity contribution in [2.75, 3.05) is 0 Å². The lowest BCUT2D eigenvalue weighted by molar-refractivity contribution is 0.790. The predicted molar refractivity (Wildman–Crippen MR) is 56.8 cm³/mol. The van der Waals surface area contributed by atoms with Crippen molar-refractivity contribution in [2.24, 2.45) is 5.73 Å². The zero-order valence-corrected chi connectivity index (χ0v) is 8.94. The number of hydrogen-bond acceptors (Lipinski definition) is 4. The Labute approximate surface area is 91.9 Å². The minimum atomic E-state index is 0.430. The molecule has 0 aromatic carbocycles. The fourth-order valence-electron chi connectivity index (χ4n) is 1.11. The number of nitrogens with zero attached hydrogens (tertiary/aromatic N) is 4. The Hall–Kier alpha value is -1.46. The molecule has 0 saturated heterocycles. The summed E-state index contributed by atoms with van der Waals surface area (Å²) in [5.41, 5.74) is 7.08. The largest absolute Gasteiger partial charge is 0.326 e. The van der Waals surface area contributed by atoms with Crippen LogP contribution in [0.25, 0.3) is 5.95 Å². The molecule has 6 heteroatoms.